The maximum absolute atomic E-state index is 12.6. The minimum Gasteiger partial charge on any atom is -0.480 e. The summed E-state index contributed by atoms with van der Waals surface area (Å²) in [7, 11) is 0. The maximum atomic E-state index is 12.6. The Morgan fingerprint density at radius 3 is 2.54 bits per heavy atom. The van der Waals surface area contributed by atoms with Crippen molar-refractivity contribution in [2.24, 2.45) is 22.6 Å². The van der Waals surface area contributed by atoms with Crippen LogP contribution in [-0.4, -0.2) is 41.1 Å². The quantitative estimate of drug-likeness (QED) is 0.292. The van der Waals surface area contributed by atoms with Gasteiger partial charge in [-0.1, -0.05) is 12.1 Å². The van der Waals surface area contributed by atoms with E-state index in [1.54, 1.807) is 29.2 Å². The predicted molar refractivity (Wildman–Crippen MR) is 88.5 cm³/mol. The largest absolute Gasteiger partial charge is 0.480 e. The van der Waals surface area contributed by atoms with Gasteiger partial charge in [-0.25, -0.2) is 4.79 Å². The molecule has 1 aliphatic rings. The van der Waals surface area contributed by atoms with Gasteiger partial charge in [0.05, 0.1) is 6.21 Å². The van der Waals surface area contributed by atoms with E-state index in [1.165, 1.54) is 6.21 Å². The minimum absolute atomic E-state index is 0.203. The first-order chi connectivity index (χ1) is 11.3. The summed E-state index contributed by atoms with van der Waals surface area (Å²) in [5, 5.41) is 12.6. The van der Waals surface area contributed by atoms with Crippen LogP contribution in [0, 0.1) is 5.92 Å². The molecular weight excluding hydrogens is 312 g/mol. The summed E-state index contributed by atoms with van der Waals surface area (Å²) in [5.41, 5.74) is 5.18. The highest BCUT2D eigenvalue weighted by Gasteiger charge is 2.45. The number of nitrogens with zero attached hydrogens (tertiary/aromatic N) is 2. The lowest BCUT2D eigenvalue weighted by Crippen LogP contribution is -2.55. The van der Waals surface area contributed by atoms with Crippen molar-refractivity contribution in [3.8, 4) is 0 Å². The first-order valence-electron chi connectivity index (χ1n) is 7.47. The Balaban J connectivity index is 2.15. The number of carbonyl (C=O) groups is 3. The van der Waals surface area contributed by atoms with E-state index in [1.807, 2.05) is 0 Å². The molecule has 1 saturated heterocycles. The average molecular weight is 332 g/mol. The Hall–Kier alpha value is -2.74. The van der Waals surface area contributed by atoms with Gasteiger partial charge in [0, 0.05) is 18.2 Å². The van der Waals surface area contributed by atoms with E-state index >= 15 is 0 Å². The van der Waals surface area contributed by atoms with Crippen molar-refractivity contribution in [1.82, 2.24) is 0 Å². The van der Waals surface area contributed by atoms with Crippen molar-refractivity contribution < 1.29 is 19.5 Å². The second kappa shape index (κ2) is 6.79. The third-order valence-electron chi connectivity index (χ3n) is 4.32. The number of hydrazone groups is 1. The van der Waals surface area contributed by atoms with Gasteiger partial charge in [0.25, 0.3) is 0 Å². The number of carbonyl (C=O) groups excluding carboxylic acids is 2. The van der Waals surface area contributed by atoms with Gasteiger partial charge in [-0.2, -0.15) is 5.10 Å². The number of carboxylic acids is 1. The van der Waals surface area contributed by atoms with Gasteiger partial charge in [0.1, 0.15) is 0 Å². The summed E-state index contributed by atoms with van der Waals surface area (Å²) < 4.78 is 0. The van der Waals surface area contributed by atoms with Crippen LogP contribution in [0.5, 0.6) is 0 Å². The summed E-state index contributed by atoms with van der Waals surface area (Å²) in [6.45, 7) is 1.57. The zero-order valence-electron chi connectivity index (χ0n) is 13.3. The molecular formula is C16H20N4O4. The second-order valence-corrected chi connectivity index (χ2v) is 5.88. The number of rotatable bonds is 6. The number of aliphatic carboxylic acids is 1. The van der Waals surface area contributed by atoms with Crippen LogP contribution in [-0.2, 0) is 14.4 Å². The molecule has 2 unspecified atom stereocenters. The van der Waals surface area contributed by atoms with Gasteiger partial charge >= 0.3 is 5.97 Å². The molecule has 128 valence electrons. The topological polar surface area (TPSA) is 139 Å². The van der Waals surface area contributed by atoms with Crippen molar-refractivity contribution in [2.75, 3.05) is 11.4 Å². The fourth-order valence-corrected chi connectivity index (χ4v) is 2.78. The lowest BCUT2D eigenvalue weighted by atomic mass is 9.84. The summed E-state index contributed by atoms with van der Waals surface area (Å²) in [6, 6.07) is 7.06. The SMILES string of the molecule is CC(=O)C(N)(CC1CCN(c2ccc(C=NN)cc2)C1=O)C(=O)O. The summed E-state index contributed by atoms with van der Waals surface area (Å²) in [5.74, 6) is 2.19. The van der Waals surface area contributed by atoms with Crippen LogP contribution in [0.3, 0.4) is 0 Å². The minimum atomic E-state index is -2.03. The second-order valence-electron chi connectivity index (χ2n) is 5.88. The molecule has 8 heteroatoms. The average Bonchev–Trinajstić information content (AvgIpc) is 2.89. The van der Waals surface area contributed by atoms with Gasteiger partial charge < -0.3 is 21.6 Å². The third-order valence-corrected chi connectivity index (χ3v) is 4.32. The van der Waals surface area contributed by atoms with Crippen LogP contribution in [0.1, 0.15) is 25.3 Å². The van der Waals surface area contributed by atoms with Gasteiger partial charge in [0.2, 0.25) is 5.91 Å². The molecule has 0 aliphatic carbocycles. The Morgan fingerprint density at radius 2 is 2.04 bits per heavy atom. The smallest absolute Gasteiger partial charge is 0.331 e. The van der Waals surface area contributed by atoms with Gasteiger partial charge in [-0.15, -0.1) is 0 Å². The number of amides is 1. The monoisotopic (exact) mass is 332 g/mol. The van der Waals surface area contributed by atoms with Crippen molar-refractivity contribution in [3.63, 3.8) is 0 Å². The highest BCUT2D eigenvalue weighted by molar-refractivity contribution is 6.07. The van der Waals surface area contributed by atoms with E-state index < -0.39 is 23.2 Å². The van der Waals surface area contributed by atoms with Gasteiger partial charge in [-0.05, 0) is 37.5 Å². The Morgan fingerprint density at radius 1 is 1.42 bits per heavy atom. The van der Waals surface area contributed by atoms with Crippen LogP contribution in [0.4, 0.5) is 5.69 Å². The molecule has 0 spiro atoms. The predicted octanol–water partition coefficient (Wildman–Crippen LogP) is 0.0933. The molecule has 24 heavy (non-hydrogen) atoms. The number of nitrogens with two attached hydrogens (primary N) is 2. The van der Waals surface area contributed by atoms with E-state index in [-0.39, 0.29) is 12.3 Å². The number of hydrogen-bond donors (Lipinski definition) is 3. The van der Waals surface area contributed by atoms with Crippen LogP contribution in [0.25, 0.3) is 0 Å². The summed E-state index contributed by atoms with van der Waals surface area (Å²) in [6.07, 6.45) is 1.73. The Bertz CT molecular complexity index is 670. The molecule has 0 saturated carbocycles. The third kappa shape index (κ3) is 3.28. The summed E-state index contributed by atoms with van der Waals surface area (Å²) >= 11 is 0. The van der Waals surface area contributed by atoms with Crippen molar-refractivity contribution in [3.05, 3.63) is 29.8 Å². The maximum Gasteiger partial charge on any atom is 0.331 e. The first-order valence-corrected chi connectivity index (χ1v) is 7.47. The van der Waals surface area contributed by atoms with Crippen molar-refractivity contribution >= 4 is 29.6 Å². The number of anilines is 1. The lowest BCUT2D eigenvalue weighted by Gasteiger charge is -2.24. The molecule has 1 amide bonds. The molecule has 1 aromatic rings. The molecule has 0 bridgehead atoms. The highest BCUT2D eigenvalue weighted by Crippen LogP contribution is 2.30. The molecule has 1 aromatic carbocycles. The van der Waals surface area contributed by atoms with Gasteiger partial charge in [-0.3, -0.25) is 9.59 Å². The molecule has 1 heterocycles. The fourth-order valence-electron chi connectivity index (χ4n) is 2.78. The fraction of sp³-hybridized carbons (Fsp3) is 0.375. The van der Waals surface area contributed by atoms with E-state index in [0.29, 0.717) is 18.7 Å². The number of ketones is 1. The molecule has 2 rings (SSSR count). The van der Waals surface area contributed by atoms with Crippen LogP contribution >= 0.6 is 0 Å². The Labute approximate surface area is 139 Å². The molecule has 1 fully saturated rings. The van der Waals surface area contributed by atoms with Crippen molar-refractivity contribution in [1.29, 1.82) is 0 Å². The zero-order valence-corrected chi connectivity index (χ0v) is 13.3. The molecule has 0 radical (unpaired) electrons. The molecule has 5 N–H and O–H groups in total. The standard InChI is InChI=1S/C16H20N4O4/c1-10(21)16(17,15(23)24)8-12-6-7-20(14(12)22)13-4-2-11(3-5-13)9-19-18/h2-5,9,12H,6-8,17-18H2,1H3,(H,23,24). The number of Topliss-reactive ketones (excluding diaryl/α,β-unsaturated/α-hetero) is 1. The molecule has 0 aromatic heterocycles. The van der Waals surface area contributed by atoms with E-state index in [0.717, 1.165) is 12.5 Å². The van der Waals surface area contributed by atoms with Crippen molar-refractivity contribution in [2.45, 2.75) is 25.3 Å². The van der Waals surface area contributed by atoms with Gasteiger partial charge in [0.15, 0.2) is 11.3 Å². The van der Waals surface area contributed by atoms with E-state index in [2.05, 4.69) is 5.10 Å². The number of carboxylic acid groups (broad SMARTS) is 1. The number of hydrogen-bond acceptors (Lipinski definition) is 6. The van der Waals surface area contributed by atoms with E-state index in [9.17, 15) is 19.5 Å². The van der Waals surface area contributed by atoms with Crippen LogP contribution in [0.15, 0.2) is 29.4 Å². The zero-order chi connectivity index (χ0) is 17.9. The highest BCUT2D eigenvalue weighted by atomic mass is 16.4. The number of benzene rings is 1. The Kier molecular flexibility index (Phi) is 4.99. The lowest BCUT2D eigenvalue weighted by molar-refractivity contribution is -0.148. The van der Waals surface area contributed by atoms with Crippen LogP contribution < -0.4 is 16.5 Å². The summed E-state index contributed by atoms with van der Waals surface area (Å²) in [4.78, 5) is 37.0. The molecule has 1 aliphatic heterocycles. The van der Waals surface area contributed by atoms with E-state index in [4.69, 9.17) is 11.6 Å². The molecule has 2 atom stereocenters. The molecule has 8 nitrogen and oxygen atoms in total. The first kappa shape index (κ1) is 17.6. The van der Waals surface area contributed by atoms with Crippen LogP contribution in [0.2, 0.25) is 0 Å². The normalized spacial score (nSPS) is 20.3.